The molecule has 3 rings (SSSR count). The molecule has 0 aliphatic rings. The van der Waals surface area contributed by atoms with Gasteiger partial charge < -0.3 is 4.74 Å². The van der Waals surface area contributed by atoms with Gasteiger partial charge in [0.25, 0.3) is 0 Å². The fraction of sp³-hybridized carbons (Fsp3) is 0.125. The first kappa shape index (κ1) is 13.5. The lowest BCUT2D eigenvalue weighted by Crippen LogP contribution is -1.98. The third-order valence-electron chi connectivity index (χ3n) is 3.26. The molecule has 0 N–H and O–H groups in total. The molecule has 5 heteroatoms. The molecule has 21 heavy (non-hydrogen) atoms. The first-order chi connectivity index (χ1) is 10.2. The minimum absolute atomic E-state index is 0.326. The Morgan fingerprint density at radius 3 is 2.86 bits per heavy atom. The second-order valence-corrected chi connectivity index (χ2v) is 5.04. The highest BCUT2D eigenvalue weighted by Gasteiger charge is 2.10. The Hall–Kier alpha value is -2.51. The van der Waals surface area contributed by atoms with Crippen molar-refractivity contribution in [2.75, 3.05) is 0 Å². The van der Waals surface area contributed by atoms with Gasteiger partial charge in [-0.1, -0.05) is 29.8 Å². The van der Waals surface area contributed by atoms with Crippen molar-refractivity contribution in [1.82, 2.24) is 9.78 Å². The van der Waals surface area contributed by atoms with Crippen molar-refractivity contribution >= 4 is 22.5 Å². The molecule has 2 aromatic carbocycles. The minimum Gasteiger partial charge on any atom is -0.486 e. The van der Waals surface area contributed by atoms with E-state index in [-0.39, 0.29) is 0 Å². The number of nitriles is 1. The maximum absolute atomic E-state index is 8.82. The van der Waals surface area contributed by atoms with Crippen LogP contribution in [0.15, 0.2) is 42.5 Å². The van der Waals surface area contributed by atoms with E-state index in [1.807, 2.05) is 42.1 Å². The van der Waals surface area contributed by atoms with Gasteiger partial charge in [-0.25, -0.2) is 0 Å². The molecule has 0 fully saturated rings. The van der Waals surface area contributed by atoms with E-state index in [1.54, 1.807) is 18.2 Å². The van der Waals surface area contributed by atoms with E-state index in [0.717, 1.165) is 16.6 Å². The number of ether oxygens (including phenoxy) is 1. The molecule has 0 aliphatic carbocycles. The lowest BCUT2D eigenvalue weighted by atomic mass is 10.2. The van der Waals surface area contributed by atoms with Crippen molar-refractivity contribution in [3.8, 4) is 11.8 Å². The van der Waals surface area contributed by atoms with Crippen LogP contribution < -0.4 is 4.74 Å². The van der Waals surface area contributed by atoms with Gasteiger partial charge in [0.1, 0.15) is 18.1 Å². The maximum Gasteiger partial charge on any atom is 0.138 e. The number of aromatic nitrogens is 2. The fourth-order valence-electron chi connectivity index (χ4n) is 2.23. The fourth-order valence-corrected chi connectivity index (χ4v) is 2.46. The number of halogens is 1. The second-order valence-electron chi connectivity index (χ2n) is 4.63. The summed E-state index contributed by atoms with van der Waals surface area (Å²) in [6.07, 6.45) is 0. The lowest BCUT2D eigenvalue weighted by molar-refractivity contribution is 0.301. The quantitative estimate of drug-likeness (QED) is 0.741. The number of para-hydroxylation sites is 1. The van der Waals surface area contributed by atoms with E-state index in [9.17, 15) is 0 Å². The summed E-state index contributed by atoms with van der Waals surface area (Å²) < 4.78 is 7.55. The lowest BCUT2D eigenvalue weighted by Gasteiger charge is -2.06. The van der Waals surface area contributed by atoms with Gasteiger partial charge in [0.15, 0.2) is 0 Å². The van der Waals surface area contributed by atoms with Gasteiger partial charge in [0, 0.05) is 12.4 Å². The van der Waals surface area contributed by atoms with E-state index in [2.05, 4.69) is 5.10 Å². The first-order valence-electron chi connectivity index (χ1n) is 6.42. The SMILES string of the molecule is Cn1nc(COc2ccc(C#N)cc2Cl)c2ccccc21. The van der Waals surface area contributed by atoms with Crippen LogP contribution in [0, 0.1) is 11.3 Å². The van der Waals surface area contributed by atoms with Crippen LogP contribution in [0.25, 0.3) is 10.9 Å². The van der Waals surface area contributed by atoms with E-state index in [4.69, 9.17) is 21.6 Å². The van der Waals surface area contributed by atoms with E-state index in [1.165, 1.54) is 0 Å². The summed E-state index contributed by atoms with van der Waals surface area (Å²) >= 11 is 6.10. The van der Waals surface area contributed by atoms with Gasteiger partial charge >= 0.3 is 0 Å². The number of hydrogen-bond donors (Lipinski definition) is 0. The Bertz CT molecular complexity index is 848. The second kappa shape index (κ2) is 5.47. The summed E-state index contributed by atoms with van der Waals surface area (Å²) in [5, 5.41) is 14.8. The third-order valence-corrected chi connectivity index (χ3v) is 3.56. The summed E-state index contributed by atoms with van der Waals surface area (Å²) in [7, 11) is 1.90. The van der Waals surface area contributed by atoms with Crippen LogP contribution in [0.1, 0.15) is 11.3 Å². The van der Waals surface area contributed by atoms with E-state index in [0.29, 0.717) is 22.9 Å². The van der Waals surface area contributed by atoms with Crippen LogP contribution in [0.2, 0.25) is 5.02 Å². The number of aryl methyl sites for hydroxylation is 1. The Morgan fingerprint density at radius 2 is 2.10 bits per heavy atom. The topological polar surface area (TPSA) is 50.8 Å². The number of benzene rings is 2. The molecule has 4 nitrogen and oxygen atoms in total. The van der Waals surface area contributed by atoms with Crippen molar-refractivity contribution in [2.24, 2.45) is 7.05 Å². The van der Waals surface area contributed by atoms with Crippen molar-refractivity contribution < 1.29 is 4.74 Å². The molecule has 1 heterocycles. The number of hydrogen-bond acceptors (Lipinski definition) is 3. The van der Waals surface area contributed by atoms with E-state index >= 15 is 0 Å². The average molecular weight is 298 g/mol. The molecule has 0 spiro atoms. The summed E-state index contributed by atoms with van der Waals surface area (Å²) in [5.74, 6) is 0.547. The molecule has 0 aliphatic heterocycles. The van der Waals surface area contributed by atoms with Crippen LogP contribution in [-0.2, 0) is 13.7 Å². The van der Waals surface area contributed by atoms with Crippen molar-refractivity contribution in [1.29, 1.82) is 5.26 Å². The van der Waals surface area contributed by atoms with Crippen LogP contribution in [-0.4, -0.2) is 9.78 Å². The van der Waals surface area contributed by atoms with Crippen LogP contribution in [0.5, 0.6) is 5.75 Å². The molecule has 0 unspecified atom stereocenters. The average Bonchev–Trinajstić information content (AvgIpc) is 2.83. The van der Waals surface area contributed by atoms with Gasteiger partial charge in [-0.2, -0.15) is 10.4 Å². The van der Waals surface area contributed by atoms with Gasteiger partial charge in [-0.15, -0.1) is 0 Å². The molecule has 0 radical (unpaired) electrons. The van der Waals surface area contributed by atoms with Crippen molar-refractivity contribution in [2.45, 2.75) is 6.61 Å². The number of rotatable bonds is 3. The molecule has 0 atom stereocenters. The van der Waals surface area contributed by atoms with E-state index < -0.39 is 0 Å². The Kier molecular flexibility index (Phi) is 3.51. The molecule has 0 bridgehead atoms. The zero-order chi connectivity index (χ0) is 14.8. The minimum atomic E-state index is 0.326. The smallest absolute Gasteiger partial charge is 0.138 e. The molecule has 0 saturated carbocycles. The third kappa shape index (κ3) is 2.56. The van der Waals surface area contributed by atoms with Gasteiger partial charge in [0.05, 0.1) is 22.2 Å². The largest absolute Gasteiger partial charge is 0.486 e. The van der Waals surface area contributed by atoms with Gasteiger partial charge in [0.2, 0.25) is 0 Å². The highest BCUT2D eigenvalue weighted by molar-refractivity contribution is 6.32. The summed E-state index contributed by atoms with van der Waals surface area (Å²) in [5.41, 5.74) is 2.42. The van der Waals surface area contributed by atoms with Crippen LogP contribution in [0.4, 0.5) is 0 Å². The summed E-state index contributed by atoms with van der Waals surface area (Å²) in [6, 6.07) is 15.0. The van der Waals surface area contributed by atoms with Gasteiger partial charge in [-0.05, 0) is 24.3 Å². The monoisotopic (exact) mass is 297 g/mol. The number of fused-ring (bicyclic) bond motifs is 1. The Labute approximate surface area is 127 Å². The maximum atomic E-state index is 8.82. The molecule has 0 saturated heterocycles. The predicted molar refractivity (Wildman–Crippen MR) is 81.2 cm³/mol. The molecular weight excluding hydrogens is 286 g/mol. The Balaban J connectivity index is 1.86. The molecule has 3 aromatic rings. The Morgan fingerprint density at radius 1 is 1.29 bits per heavy atom. The zero-order valence-electron chi connectivity index (χ0n) is 11.4. The van der Waals surface area contributed by atoms with Crippen molar-refractivity contribution in [3.63, 3.8) is 0 Å². The predicted octanol–water partition coefficient (Wildman–Crippen LogP) is 3.68. The van der Waals surface area contributed by atoms with Crippen LogP contribution >= 0.6 is 11.6 Å². The van der Waals surface area contributed by atoms with Crippen LogP contribution in [0.3, 0.4) is 0 Å². The first-order valence-corrected chi connectivity index (χ1v) is 6.80. The molecular formula is C16H12ClN3O. The summed E-state index contributed by atoms with van der Waals surface area (Å²) in [6.45, 7) is 0.326. The zero-order valence-corrected chi connectivity index (χ0v) is 12.1. The molecule has 0 amide bonds. The normalized spacial score (nSPS) is 10.5. The van der Waals surface area contributed by atoms with Gasteiger partial charge in [-0.3, -0.25) is 4.68 Å². The highest BCUT2D eigenvalue weighted by atomic mass is 35.5. The standard InChI is InChI=1S/C16H12ClN3O/c1-20-15-5-3-2-4-12(15)14(19-20)10-21-16-7-6-11(9-18)8-13(16)17/h2-8H,10H2,1H3. The number of nitrogens with zero attached hydrogens (tertiary/aromatic N) is 3. The van der Waals surface area contributed by atoms with Crippen molar-refractivity contribution in [3.05, 3.63) is 58.7 Å². The molecule has 104 valence electrons. The summed E-state index contributed by atoms with van der Waals surface area (Å²) in [4.78, 5) is 0. The molecule has 1 aromatic heterocycles. The highest BCUT2D eigenvalue weighted by Crippen LogP contribution is 2.27.